The summed E-state index contributed by atoms with van der Waals surface area (Å²) >= 11 is 7.49. The Morgan fingerprint density at radius 1 is 1.33 bits per heavy atom. The normalized spacial score (nSPS) is 11.7. The number of benzene rings is 1. The van der Waals surface area contributed by atoms with Crippen molar-refractivity contribution < 1.29 is 8.42 Å². The quantitative estimate of drug-likeness (QED) is 0.872. The molecule has 0 amide bonds. The van der Waals surface area contributed by atoms with Crippen LogP contribution in [-0.4, -0.2) is 19.7 Å². The summed E-state index contributed by atoms with van der Waals surface area (Å²) in [7, 11) is -3.02. The minimum Gasteiger partial charge on any atom is -0.248 e. The molecule has 0 N–H and O–H groups in total. The van der Waals surface area contributed by atoms with Gasteiger partial charge in [-0.25, -0.2) is 13.4 Å². The molecule has 0 saturated heterocycles. The van der Waals surface area contributed by atoms with E-state index in [0.29, 0.717) is 11.4 Å². The summed E-state index contributed by atoms with van der Waals surface area (Å²) in [5, 5.41) is 1.34. The first-order valence-corrected chi connectivity index (χ1v) is 8.54. The zero-order valence-electron chi connectivity index (χ0n) is 9.76. The van der Waals surface area contributed by atoms with E-state index in [1.165, 1.54) is 17.6 Å². The summed E-state index contributed by atoms with van der Waals surface area (Å²) in [6.45, 7) is 0. The van der Waals surface area contributed by atoms with Gasteiger partial charge in [0.2, 0.25) is 0 Å². The van der Waals surface area contributed by atoms with Crippen LogP contribution in [0.2, 0.25) is 5.02 Å². The highest BCUT2D eigenvalue weighted by Crippen LogP contribution is 2.23. The number of aromatic nitrogens is 1. The third-order valence-corrected chi connectivity index (χ3v) is 4.66. The predicted molar refractivity (Wildman–Crippen MR) is 74.9 cm³/mol. The molecular formula is C12H12ClNO2S2. The van der Waals surface area contributed by atoms with E-state index in [1.54, 1.807) is 6.20 Å². The first kappa shape index (κ1) is 13.5. The summed E-state index contributed by atoms with van der Waals surface area (Å²) < 4.78 is 22.3. The topological polar surface area (TPSA) is 47.0 Å². The lowest BCUT2D eigenvalue weighted by Gasteiger charge is -2.00. The molecule has 0 aliphatic heterocycles. The third-order valence-electron chi connectivity index (χ3n) is 2.31. The SMILES string of the molecule is CS(=O)(=O)Cc1ncc(Cc2ccccc2Cl)s1. The lowest BCUT2D eigenvalue weighted by atomic mass is 10.1. The van der Waals surface area contributed by atoms with Gasteiger partial charge < -0.3 is 0 Å². The molecule has 3 nitrogen and oxygen atoms in total. The van der Waals surface area contributed by atoms with Crippen molar-refractivity contribution in [1.29, 1.82) is 0 Å². The van der Waals surface area contributed by atoms with Crippen molar-refractivity contribution in [2.75, 3.05) is 6.26 Å². The third kappa shape index (κ3) is 3.80. The van der Waals surface area contributed by atoms with E-state index in [2.05, 4.69) is 4.98 Å². The number of rotatable bonds is 4. The van der Waals surface area contributed by atoms with Crippen LogP contribution in [0.15, 0.2) is 30.5 Å². The minimum atomic E-state index is -3.02. The van der Waals surface area contributed by atoms with Crippen LogP contribution in [0.1, 0.15) is 15.4 Å². The second-order valence-electron chi connectivity index (χ2n) is 4.06. The van der Waals surface area contributed by atoms with Gasteiger partial charge in [-0.3, -0.25) is 0 Å². The van der Waals surface area contributed by atoms with Gasteiger partial charge in [-0.05, 0) is 11.6 Å². The van der Waals surface area contributed by atoms with Crippen LogP contribution in [0, 0.1) is 0 Å². The Balaban J connectivity index is 2.14. The van der Waals surface area contributed by atoms with Gasteiger partial charge in [0.05, 0.1) is 0 Å². The van der Waals surface area contributed by atoms with Crippen molar-refractivity contribution >= 4 is 32.8 Å². The molecule has 2 rings (SSSR count). The highest BCUT2D eigenvalue weighted by molar-refractivity contribution is 7.90. The second-order valence-corrected chi connectivity index (χ2v) is 7.81. The van der Waals surface area contributed by atoms with Crippen molar-refractivity contribution in [2.24, 2.45) is 0 Å². The average molecular weight is 302 g/mol. The van der Waals surface area contributed by atoms with Crippen molar-refractivity contribution in [3.05, 3.63) is 50.9 Å². The fourth-order valence-corrected chi connectivity index (χ4v) is 3.89. The summed E-state index contributed by atoms with van der Waals surface area (Å²) in [4.78, 5) is 5.14. The average Bonchev–Trinajstić information content (AvgIpc) is 2.66. The maximum atomic E-state index is 11.2. The fraction of sp³-hybridized carbons (Fsp3) is 0.250. The Hall–Kier alpha value is -0.910. The number of thiazole rings is 1. The molecule has 0 atom stereocenters. The smallest absolute Gasteiger partial charge is 0.153 e. The van der Waals surface area contributed by atoms with Gasteiger partial charge in [0.25, 0.3) is 0 Å². The van der Waals surface area contributed by atoms with Crippen LogP contribution in [0.4, 0.5) is 0 Å². The molecule has 0 spiro atoms. The van der Waals surface area contributed by atoms with Crippen LogP contribution in [0.3, 0.4) is 0 Å². The molecule has 1 aromatic carbocycles. The Bertz CT molecular complexity index is 650. The van der Waals surface area contributed by atoms with Crippen molar-refractivity contribution in [3.8, 4) is 0 Å². The first-order chi connectivity index (χ1) is 8.44. The lowest BCUT2D eigenvalue weighted by Crippen LogP contribution is -1.99. The Morgan fingerprint density at radius 3 is 2.72 bits per heavy atom. The van der Waals surface area contributed by atoms with Gasteiger partial charge in [0.15, 0.2) is 9.84 Å². The maximum Gasteiger partial charge on any atom is 0.153 e. The number of hydrogen-bond acceptors (Lipinski definition) is 4. The molecule has 1 aromatic heterocycles. The largest absolute Gasteiger partial charge is 0.248 e. The summed E-state index contributed by atoms with van der Waals surface area (Å²) in [5.41, 5.74) is 1.02. The van der Waals surface area contributed by atoms with Gasteiger partial charge in [-0.2, -0.15) is 0 Å². The molecule has 0 fully saturated rings. The summed E-state index contributed by atoms with van der Waals surface area (Å²) in [6, 6.07) is 7.61. The standard InChI is InChI=1S/C12H12ClNO2S2/c1-18(15,16)8-12-14-7-10(17-12)6-9-4-2-3-5-11(9)13/h2-5,7H,6,8H2,1H3. The fourth-order valence-electron chi connectivity index (χ4n) is 1.55. The Kier molecular flexibility index (Phi) is 4.04. The number of halogens is 1. The first-order valence-electron chi connectivity index (χ1n) is 5.29. The van der Waals surface area contributed by atoms with Crippen LogP contribution in [-0.2, 0) is 22.0 Å². The van der Waals surface area contributed by atoms with Gasteiger partial charge in [0.1, 0.15) is 10.8 Å². The van der Waals surface area contributed by atoms with Crippen LogP contribution >= 0.6 is 22.9 Å². The highest BCUT2D eigenvalue weighted by atomic mass is 35.5. The van der Waals surface area contributed by atoms with E-state index in [9.17, 15) is 8.42 Å². The Morgan fingerprint density at radius 2 is 2.06 bits per heavy atom. The highest BCUT2D eigenvalue weighted by Gasteiger charge is 2.10. The van der Waals surface area contributed by atoms with Crippen molar-refractivity contribution in [1.82, 2.24) is 4.98 Å². The zero-order chi connectivity index (χ0) is 13.2. The van der Waals surface area contributed by atoms with Gasteiger partial charge in [-0.15, -0.1) is 11.3 Å². The lowest BCUT2D eigenvalue weighted by molar-refractivity contribution is 0.601. The van der Waals surface area contributed by atoms with Gasteiger partial charge in [-0.1, -0.05) is 29.8 Å². The van der Waals surface area contributed by atoms with Gasteiger partial charge in [0, 0.05) is 28.8 Å². The molecule has 1 heterocycles. The van der Waals surface area contributed by atoms with E-state index >= 15 is 0 Å². The molecule has 0 bridgehead atoms. The molecular weight excluding hydrogens is 290 g/mol. The molecule has 0 aliphatic carbocycles. The number of nitrogens with zero attached hydrogens (tertiary/aromatic N) is 1. The van der Waals surface area contributed by atoms with E-state index in [-0.39, 0.29) is 5.75 Å². The summed E-state index contributed by atoms with van der Waals surface area (Å²) in [5.74, 6) is 0.000187. The van der Waals surface area contributed by atoms with Crippen LogP contribution in [0.5, 0.6) is 0 Å². The zero-order valence-corrected chi connectivity index (χ0v) is 12.1. The minimum absolute atomic E-state index is 0.000187. The molecule has 0 unspecified atom stereocenters. The number of sulfone groups is 1. The summed E-state index contributed by atoms with van der Waals surface area (Å²) in [6.07, 6.45) is 3.61. The molecule has 2 aromatic rings. The van der Waals surface area contributed by atoms with E-state index < -0.39 is 9.84 Å². The van der Waals surface area contributed by atoms with Crippen molar-refractivity contribution in [2.45, 2.75) is 12.2 Å². The molecule has 96 valence electrons. The van der Waals surface area contributed by atoms with Gasteiger partial charge >= 0.3 is 0 Å². The van der Waals surface area contributed by atoms with E-state index in [1.807, 2.05) is 24.3 Å². The molecule has 6 heteroatoms. The monoisotopic (exact) mass is 301 g/mol. The maximum absolute atomic E-state index is 11.2. The molecule has 0 saturated carbocycles. The molecule has 0 radical (unpaired) electrons. The van der Waals surface area contributed by atoms with Crippen molar-refractivity contribution in [3.63, 3.8) is 0 Å². The van der Waals surface area contributed by atoms with Crippen LogP contribution in [0.25, 0.3) is 0 Å². The van der Waals surface area contributed by atoms with E-state index in [4.69, 9.17) is 11.6 Å². The Labute approximate surface area is 115 Å². The molecule has 0 aliphatic rings. The predicted octanol–water partition coefficient (Wildman–Crippen LogP) is 2.93. The second kappa shape index (κ2) is 5.38. The van der Waals surface area contributed by atoms with Crippen LogP contribution < -0.4 is 0 Å². The molecule has 18 heavy (non-hydrogen) atoms. The number of hydrogen-bond donors (Lipinski definition) is 0. The van der Waals surface area contributed by atoms with E-state index in [0.717, 1.165) is 15.5 Å².